The summed E-state index contributed by atoms with van der Waals surface area (Å²) in [4.78, 5) is 26.5. The first-order chi connectivity index (χ1) is 11.9. The summed E-state index contributed by atoms with van der Waals surface area (Å²) >= 11 is 3.36. The monoisotopic (exact) mass is 405 g/mol. The minimum Gasteiger partial charge on any atom is -0.485 e. The van der Waals surface area contributed by atoms with Crippen LogP contribution in [-0.4, -0.2) is 27.9 Å². The van der Waals surface area contributed by atoms with Crippen molar-refractivity contribution in [1.29, 1.82) is 0 Å². The van der Waals surface area contributed by atoms with E-state index >= 15 is 0 Å². The van der Waals surface area contributed by atoms with E-state index in [0.29, 0.717) is 10.2 Å². The van der Waals surface area contributed by atoms with Gasteiger partial charge in [0, 0.05) is 0 Å². The number of nitrogens with zero attached hydrogens (tertiary/aromatic N) is 1. The van der Waals surface area contributed by atoms with Crippen LogP contribution in [-0.2, 0) is 16.2 Å². The second-order valence-electron chi connectivity index (χ2n) is 5.22. The van der Waals surface area contributed by atoms with Crippen molar-refractivity contribution in [2.45, 2.75) is 13.5 Å². The Morgan fingerprint density at radius 3 is 2.40 bits per heavy atom. The summed E-state index contributed by atoms with van der Waals surface area (Å²) < 4.78 is 6.38. The Morgan fingerprint density at radius 2 is 1.80 bits per heavy atom. The number of halogens is 1. The van der Waals surface area contributed by atoms with Crippen LogP contribution in [0, 0.1) is 5.92 Å². The summed E-state index contributed by atoms with van der Waals surface area (Å²) in [6, 6.07) is 14.4. The molecular formula is C18H16BrNO5. The van der Waals surface area contributed by atoms with Crippen molar-refractivity contribution >= 4 is 39.3 Å². The number of ether oxygens (including phenoxy) is 1. The fraction of sp³-hybridized carbons (Fsp3) is 0.167. The molecule has 130 valence electrons. The summed E-state index contributed by atoms with van der Waals surface area (Å²) in [6.45, 7) is 1.54. The Labute approximate surface area is 152 Å². The lowest BCUT2D eigenvalue weighted by molar-refractivity contribution is -0.140. The number of hydrogen-bond acceptors (Lipinski definition) is 4. The minimum absolute atomic E-state index is 0.246. The highest BCUT2D eigenvalue weighted by Crippen LogP contribution is 2.36. The summed E-state index contributed by atoms with van der Waals surface area (Å²) in [6.07, 6.45) is 0. The van der Waals surface area contributed by atoms with Crippen LogP contribution in [0.2, 0.25) is 0 Å². The van der Waals surface area contributed by atoms with Gasteiger partial charge in [0.05, 0.1) is 4.47 Å². The molecule has 25 heavy (non-hydrogen) atoms. The van der Waals surface area contributed by atoms with E-state index in [4.69, 9.17) is 9.84 Å². The van der Waals surface area contributed by atoms with Crippen molar-refractivity contribution in [1.82, 2.24) is 0 Å². The van der Waals surface area contributed by atoms with Crippen LogP contribution in [0.4, 0.5) is 5.69 Å². The zero-order chi connectivity index (χ0) is 18.4. The Bertz CT molecular complexity index is 804. The van der Waals surface area contributed by atoms with E-state index in [-0.39, 0.29) is 12.3 Å². The van der Waals surface area contributed by atoms with Gasteiger partial charge in [-0.25, -0.2) is 9.79 Å². The van der Waals surface area contributed by atoms with Gasteiger partial charge < -0.3 is 14.9 Å². The van der Waals surface area contributed by atoms with Gasteiger partial charge in [-0.15, -0.1) is 0 Å². The van der Waals surface area contributed by atoms with Crippen molar-refractivity contribution in [2.24, 2.45) is 10.9 Å². The first-order valence-electron chi connectivity index (χ1n) is 7.40. The van der Waals surface area contributed by atoms with Crippen molar-refractivity contribution in [3.63, 3.8) is 0 Å². The molecule has 2 N–H and O–H groups in total. The lowest BCUT2D eigenvalue weighted by Crippen LogP contribution is -2.27. The molecule has 6 nitrogen and oxygen atoms in total. The van der Waals surface area contributed by atoms with Crippen LogP contribution >= 0.6 is 15.9 Å². The van der Waals surface area contributed by atoms with E-state index in [2.05, 4.69) is 20.9 Å². The maximum atomic E-state index is 11.4. The lowest BCUT2D eigenvalue weighted by atomic mass is 10.1. The molecule has 0 aliphatic heterocycles. The highest BCUT2D eigenvalue weighted by atomic mass is 79.9. The third-order valence-corrected chi connectivity index (χ3v) is 4.04. The highest BCUT2D eigenvalue weighted by Gasteiger charge is 2.25. The van der Waals surface area contributed by atoms with E-state index < -0.39 is 23.6 Å². The molecule has 0 spiro atoms. The first-order valence-corrected chi connectivity index (χ1v) is 8.19. The summed E-state index contributed by atoms with van der Waals surface area (Å²) in [5.74, 6) is -3.55. The van der Waals surface area contributed by atoms with Gasteiger partial charge >= 0.3 is 11.9 Å². The number of benzene rings is 2. The predicted molar refractivity (Wildman–Crippen MR) is 96.4 cm³/mol. The molecule has 7 heteroatoms. The Hall–Kier alpha value is -2.67. The van der Waals surface area contributed by atoms with E-state index in [0.717, 1.165) is 5.56 Å². The van der Waals surface area contributed by atoms with Crippen LogP contribution in [0.25, 0.3) is 0 Å². The molecule has 0 radical (unpaired) electrons. The summed E-state index contributed by atoms with van der Waals surface area (Å²) in [5, 5.41) is 18.3. The molecule has 0 aliphatic carbocycles. The van der Waals surface area contributed by atoms with Crippen LogP contribution < -0.4 is 4.74 Å². The molecule has 1 unspecified atom stereocenters. The molecular weight excluding hydrogens is 390 g/mol. The molecule has 2 aromatic rings. The molecule has 1 atom stereocenters. The molecule has 0 heterocycles. The second kappa shape index (κ2) is 8.43. The van der Waals surface area contributed by atoms with Crippen molar-refractivity contribution in [3.05, 3.63) is 58.6 Å². The van der Waals surface area contributed by atoms with Gasteiger partial charge in [-0.05, 0) is 40.5 Å². The summed E-state index contributed by atoms with van der Waals surface area (Å²) in [5.41, 5.74) is 0.719. The Kier molecular flexibility index (Phi) is 6.30. The number of aliphatic carboxylic acids is 2. The highest BCUT2D eigenvalue weighted by molar-refractivity contribution is 9.10. The fourth-order valence-electron chi connectivity index (χ4n) is 2.03. The van der Waals surface area contributed by atoms with E-state index in [1.165, 1.54) is 6.92 Å². The van der Waals surface area contributed by atoms with Gasteiger partial charge in [0.1, 0.15) is 23.9 Å². The van der Waals surface area contributed by atoms with Crippen molar-refractivity contribution < 1.29 is 24.5 Å². The number of aliphatic imine (C=N–C) groups is 1. The van der Waals surface area contributed by atoms with Gasteiger partial charge in [-0.2, -0.15) is 0 Å². The number of carboxylic acid groups (broad SMARTS) is 2. The topological polar surface area (TPSA) is 96.2 Å². The Morgan fingerprint density at radius 1 is 1.12 bits per heavy atom. The SMILES string of the molecule is CC(C(=O)O)C(=Nc1cccc(Br)c1OCc1ccccc1)C(=O)O. The van der Waals surface area contributed by atoms with Gasteiger partial charge in [-0.1, -0.05) is 36.4 Å². The third kappa shape index (κ3) is 4.90. The first kappa shape index (κ1) is 18.7. The molecule has 0 saturated heterocycles. The minimum atomic E-state index is -1.39. The van der Waals surface area contributed by atoms with E-state index in [9.17, 15) is 14.7 Å². The standard InChI is InChI=1S/C18H16BrNO5/c1-11(17(21)22)15(18(23)24)20-14-9-5-8-13(19)16(14)25-10-12-6-3-2-4-7-12/h2-9,11H,10H2,1H3,(H,21,22)(H,23,24). The molecule has 0 aromatic heterocycles. The van der Waals surface area contributed by atoms with Crippen LogP contribution in [0.3, 0.4) is 0 Å². The zero-order valence-electron chi connectivity index (χ0n) is 13.3. The Balaban J connectivity index is 2.37. The molecule has 0 amide bonds. The maximum absolute atomic E-state index is 11.4. The average molecular weight is 406 g/mol. The van der Waals surface area contributed by atoms with Crippen LogP contribution in [0.1, 0.15) is 12.5 Å². The molecule has 0 bridgehead atoms. The third-order valence-electron chi connectivity index (χ3n) is 3.41. The number of carboxylic acids is 2. The van der Waals surface area contributed by atoms with Crippen molar-refractivity contribution in [2.75, 3.05) is 0 Å². The predicted octanol–water partition coefficient (Wildman–Crippen LogP) is 3.91. The van der Waals surface area contributed by atoms with Crippen LogP contribution in [0.5, 0.6) is 5.75 Å². The van der Waals surface area contributed by atoms with Crippen LogP contribution in [0.15, 0.2) is 58.0 Å². The molecule has 2 rings (SSSR count). The maximum Gasteiger partial charge on any atom is 0.351 e. The van der Waals surface area contributed by atoms with E-state index in [1.54, 1.807) is 18.2 Å². The van der Waals surface area contributed by atoms with Gasteiger partial charge in [0.25, 0.3) is 0 Å². The summed E-state index contributed by atoms with van der Waals surface area (Å²) in [7, 11) is 0. The molecule has 0 fully saturated rings. The normalized spacial score (nSPS) is 12.5. The molecule has 2 aromatic carbocycles. The number of rotatable bonds is 7. The molecule has 0 aliphatic rings. The fourth-order valence-corrected chi connectivity index (χ4v) is 2.50. The van der Waals surface area contributed by atoms with Crippen molar-refractivity contribution in [3.8, 4) is 5.75 Å². The van der Waals surface area contributed by atoms with E-state index in [1.807, 2.05) is 30.3 Å². The van der Waals surface area contributed by atoms with Gasteiger partial charge in [0.2, 0.25) is 0 Å². The number of hydrogen-bond donors (Lipinski definition) is 2. The zero-order valence-corrected chi connectivity index (χ0v) is 14.9. The quantitative estimate of drug-likeness (QED) is 0.680. The second-order valence-corrected chi connectivity index (χ2v) is 6.08. The molecule has 0 saturated carbocycles. The van der Waals surface area contributed by atoms with Gasteiger partial charge in [-0.3, -0.25) is 4.79 Å². The largest absolute Gasteiger partial charge is 0.485 e. The lowest BCUT2D eigenvalue weighted by Gasteiger charge is -2.12. The number of carbonyl (C=O) groups is 2. The number of para-hydroxylation sites is 1. The smallest absolute Gasteiger partial charge is 0.351 e. The average Bonchev–Trinajstić information content (AvgIpc) is 2.59. The van der Waals surface area contributed by atoms with Gasteiger partial charge in [0.15, 0.2) is 5.75 Å².